The van der Waals surface area contributed by atoms with Gasteiger partial charge in [0, 0.05) is 16.8 Å². The Bertz CT molecular complexity index is 717. The molecule has 1 aromatic carbocycles. The van der Waals surface area contributed by atoms with E-state index in [-0.39, 0.29) is 23.4 Å². The average Bonchev–Trinajstić information content (AvgIpc) is 2.58. The molecule has 126 valence electrons. The third-order valence-corrected chi connectivity index (χ3v) is 4.31. The van der Waals surface area contributed by atoms with Crippen LogP contribution in [0.25, 0.3) is 0 Å². The van der Waals surface area contributed by atoms with E-state index < -0.39 is 4.92 Å². The molecule has 2 N–H and O–H groups in total. The number of nitro groups is 1. The summed E-state index contributed by atoms with van der Waals surface area (Å²) in [6.07, 6.45) is 6.81. The lowest BCUT2D eigenvalue weighted by molar-refractivity contribution is -0.383. The van der Waals surface area contributed by atoms with Gasteiger partial charge in [-0.15, -0.1) is 0 Å². The SMILES string of the molecule is O=[N+]([O-])c1c(Nc2ccc(Cl)cc2)ncnc1NC1CCCCC1. The van der Waals surface area contributed by atoms with E-state index in [1.54, 1.807) is 24.3 Å². The first kappa shape index (κ1) is 16.4. The molecule has 0 aliphatic heterocycles. The largest absolute Gasteiger partial charge is 0.361 e. The average molecular weight is 348 g/mol. The molecule has 0 unspecified atom stereocenters. The number of halogens is 1. The number of nitrogens with zero attached hydrogens (tertiary/aromatic N) is 3. The lowest BCUT2D eigenvalue weighted by atomic mass is 9.95. The molecule has 0 saturated heterocycles. The standard InChI is InChI=1S/C16H18ClN5O2/c17-11-6-8-13(9-7-11)21-16-14(22(23)24)15(18-10-19-16)20-12-4-2-1-3-5-12/h6-10,12H,1-5H2,(H2,18,19,20,21). The Morgan fingerprint density at radius 2 is 1.75 bits per heavy atom. The molecule has 0 atom stereocenters. The molecule has 1 fully saturated rings. The van der Waals surface area contributed by atoms with E-state index in [1.165, 1.54) is 12.7 Å². The second-order valence-electron chi connectivity index (χ2n) is 5.79. The zero-order chi connectivity index (χ0) is 16.9. The molecule has 7 nitrogen and oxygen atoms in total. The highest BCUT2D eigenvalue weighted by Gasteiger charge is 2.25. The minimum atomic E-state index is -0.455. The highest BCUT2D eigenvalue weighted by atomic mass is 35.5. The highest BCUT2D eigenvalue weighted by molar-refractivity contribution is 6.30. The molecule has 0 radical (unpaired) electrons. The molecule has 1 aliphatic carbocycles. The molecule has 2 aromatic rings. The van der Waals surface area contributed by atoms with Crippen LogP contribution in [0.15, 0.2) is 30.6 Å². The fourth-order valence-electron chi connectivity index (χ4n) is 2.86. The minimum absolute atomic E-state index is 0.141. The number of anilines is 3. The van der Waals surface area contributed by atoms with Crippen LogP contribution in [0.1, 0.15) is 32.1 Å². The Balaban J connectivity index is 1.86. The van der Waals surface area contributed by atoms with E-state index in [2.05, 4.69) is 20.6 Å². The van der Waals surface area contributed by atoms with Crippen molar-refractivity contribution in [2.24, 2.45) is 0 Å². The summed E-state index contributed by atoms with van der Waals surface area (Å²) in [6, 6.07) is 7.11. The zero-order valence-corrected chi connectivity index (χ0v) is 13.8. The van der Waals surface area contributed by atoms with Gasteiger partial charge in [0.15, 0.2) is 0 Å². The Morgan fingerprint density at radius 3 is 2.42 bits per heavy atom. The van der Waals surface area contributed by atoms with Crippen LogP contribution >= 0.6 is 11.6 Å². The summed E-state index contributed by atoms with van der Waals surface area (Å²) in [5.41, 5.74) is 0.530. The van der Waals surface area contributed by atoms with E-state index in [0.29, 0.717) is 10.7 Å². The fraction of sp³-hybridized carbons (Fsp3) is 0.375. The summed E-state index contributed by atoms with van der Waals surface area (Å²) in [4.78, 5) is 19.2. The first-order valence-corrected chi connectivity index (χ1v) is 8.30. The zero-order valence-electron chi connectivity index (χ0n) is 13.0. The van der Waals surface area contributed by atoms with Crippen LogP contribution in [0.3, 0.4) is 0 Å². The summed E-state index contributed by atoms with van der Waals surface area (Å²) in [7, 11) is 0. The predicted octanol–water partition coefficient (Wildman–Crippen LogP) is 4.53. The van der Waals surface area contributed by atoms with E-state index in [9.17, 15) is 10.1 Å². The van der Waals surface area contributed by atoms with E-state index in [1.807, 2.05) is 0 Å². The molecule has 1 aromatic heterocycles. The Hall–Kier alpha value is -2.41. The molecule has 1 aliphatic rings. The maximum Gasteiger partial charge on any atom is 0.353 e. The number of hydrogen-bond donors (Lipinski definition) is 2. The maximum atomic E-state index is 11.6. The van der Waals surface area contributed by atoms with Crippen LogP contribution in [0.5, 0.6) is 0 Å². The Labute approximate surface area is 144 Å². The predicted molar refractivity (Wildman–Crippen MR) is 93.9 cm³/mol. The fourth-order valence-corrected chi connectivity index (χ4v) is 2.99. The van der Waals surface area contributed by atoms with Gasteiger partial charge >= 0.3 is 5.69 Å². The third kappa shape index (κ3) is 3.91. The highest BCUT2D eigenvalue weighted by Crippen LogP contribution is 2.33. The summed E-state index contributed by atoms with van der Waals surface area (Å²) in [6.45, 7) is 0. The van der Waals surface area contributed by atoms with Gasteiger partial charge in [-0.3, -0.25) is 10.1 Å². The summed E-state index contributed by atoms with van der Waals surface area (Å²) >= 11 is 5.86. The van der Waals surface area contributed by atoms with Crippen molar-refractivity contribution >= 4 is 34.6 Å². The lowest BCUT2D eigenvalue weighted by Gasteiger charge is -2.23. The molecule has 0 amide bonds. The van der Waals surface area contributed by atoms with Gasteiger partial charge in [-0.2, -0.15) is 0 Å². The van der Waals surface area contributed by atoms with Crippen molar-refractivity contribution in [2.75, 3.05) is 10.6 Å². The van der Waals surface area contributed by atoms with Crippen molar-refractivity contribution in [3.63, 3.8) is 0 Å². The normalized spacial score (nSPS) is 15.0. The Kier molecular flexibility index (Phi) is 5.10. The first-order chi connectivity index (χ1) is 11.6. The molecule has 1 saturated carbocycles. The van der Waals surface area contributed by atoms with Gasteiger partial charge in [-0.25, -0.2) is 9.97 Å². The minimum Gasteiger partial charge on any atom is -0.361 e. The van der Waals surface area contributed by atoms with Gasteiger partial charge < -0.3 is 10.6 Å². The van der Waals surface area contributed by atoms with E-state index in [0.717, 1.165) is 25.7 Å². The van der Waals surface area contributed by atoms with Crippen LogP contribution in [-0.2, 0) is 0 Å². The van der Waals surface area contributed by atoms with Crippen molar-refractivity contribution in [3.05, 3.63) is 45.7 Å². The lowest BCUT2D eigenvalue weighted by Crippen LogP contribution is -2.23. The van der Waals surface area contributed by atoms with Gasteiger partial charge in [0.2, 0.25) is 11.6 Å². The van der Waals surface area contributed by atoms with Crippen LogP contribution in [0.4, 0.5) is 23.0 Å². The smallest absolute Gasteiger partial charge is 0.353 e. The number of aromatic nitrogens is 2. The summed E-state index contributed by atoms with van der Waals surface area (Å²) < 4.78 is 0. The second kappa shape index (κ2) is 7.44. The van der Waals surface area contributed by atoms with Crippen molar-refractivity contribution in [1.29, 1.82) is 0 Å². The number of benzene rings is 1. The number of nitrogens with one attached hydrogen (secondary N) is 2. The van der Waals surface area contributed by atoms with Crippen molar-refractivity contribution in [2.45, 2.75) is 38.1 Å². The van der Waals surface area contributed by atoms with Crippen LogP contribution in [0, 0.1) is 10.1 Å². The van der Waals surface area contributed by atoms with Gasteiger partial charge in [0.1, 0.15) is 6.33 Å². The summed E-state index contributed by atoms with van der Waals surface area (Å²) in [5, 5.41) is 18.3. The van der Waals surface area contributed by atoms with Gasteiger partial charge in [-0.05, 0) is 37.1 Å². The number of hydrogen-bond acceptors (Lipinski definition) is 6. The molecular weight excluding hydrogens is 330 g/mol. The third-order valence-electron chi connectivity index (χ3n) is 4.06. The van der Waals surface area contributed by atoms with E-state index >= 15 is 0 Å². The molecule has 1 heterocycles. The topological polar surface area (TPSA) is 93.0 Å². The van der Waals surface area contributed by atoms with E-state index in [4.69, 9.17) is 11.6 Å². The van der Waals surface area contributed by atoms with Crippen LogP contribution in [0.2, 0.25) is 5.02 Å². The second-order valence-corrected chi connectivity index (χ2v) is 6.22. The monoisotopic (exact) mass is 347 g/mol. The summed E-state index contributed by atoms with van der Waals surface area (Å²) in [5.74, 6) is 0.425. The maximum absolute atomic E-state index is 11.6. The van der Waals surface area contributed by atoms with Crippen molar-refractivity contribution < 1.29 is 4.92 Å². The van der Waals surface area contributed by atoms with Crippen LogP contribution < -0.4 is 10.6 Å². The first-order valence-electron chi connectivity index (χ1n) is 7.92. The molecule has 0 bridgehead atoms. The van der Waals surface area contributed by atoms with Crippen molar-refractivity contribution in [3.8, 4) is 0 Å². The van der Waals surface area contributed by atoms with Gasteiger partial charge in [-0.1, -0.05) is 30.9 Å². The van der Waals surface area contributed by atoms with Gasteiger partial charge in [0.25, 0.3) is 0 Å². The molecule has 3 rings (SSSR count). The van der Waals surface area contributed by atoms with Gasteiger partial charge in [0.05, 0.1) is 4.92 Å². The molecule has 24 heavy (non-hydrogen) atoms. The number of rotatable bonds is 5. The molecule has 0 spiro atoms. The Morgan fingerprint density at radius 1 is 1.08 bits per heavy atom. The van der Waals surface area contributed by atoms with Crippen LogP contribution in [-0.4, -0.2) is 20.9 Å². The molecular formula is C16H18ClN5O2. The van der Waals surface area contributed by atoms with Crippen molar-refractivity contribution in [1.82, 2.24) is 9.97 Å². The quantitative estimate of drug-likeness (QED) is 0.609. The molecule has 8 heteroatoms.